The van der Waals surface area contributed by atoms with Crippen molar-refractivity contribution in [3.05, 3.63) is 58.7 Å². The van der Waals surface area contributed by atoms with Gasteiger partial charge in [-0.1, -0.05) is 0 Å². The number of hydrogen-bond donors (Lipinski definition) is 2. The SMILES string of the molecule is Oc1c(F)cc(F)cc1C=NCCN=Cc1cc(F)cc(F)c1O. The number of aromatic hydroxyl groups is 2. The summed E-state index contributed by atoms with van der Waals surface area (Å²) in [5.74, 6) is -5.34. The molecule has 0 aromatic heterocycles. The monoisotopic (exact) mass is 340 g/mol. The standard InChI is InChI=1S/C16H12F4N2O2/c17-11-3-9(15(23)13(19)5-11)7-21-1-2-22-8-10-4-12(18)6-14(20)16(10)24/h3-8,23-24H,1-2H2. The van der Waals surface area contributed by atoms with E-state index in [2.05, 4.69) is 9.98 Å². The fourth-order valence-electron chi connectivity index (χ4n) is 1.81. The number of phenols is 2. The summed E-state index contributed by atoms with van der Waals surface area (Å²) < 4.78 is 52.2. The van der Waals surface area contributed by atoms with Crippen molar-refractivity contribution in [2.75, 3.05) is 13.1 Å². The predicted molar refractivity (Wildman–Crippen MR) is 81.0 cm³/mol. The molecule has 0 unspecified atom stereocenters. The average molecular weight is 340 g/mol. The van der Waals surface area contributed by atoms with Gasteiger partial charge in [-0.25, -0.2) is 17.6 Å². The summed E-state index contributed by atoms with van der Waals surface area (Å²) in [6.07, 6.45) is 2.16. The number of benzene rings is 2. The molecular formula is C16H12F4N2O2. The van der Waals surface area contributed by atoms with Crippen LogP contribution in [-0.4, -0.2) is 35.7 Å². The molecule has 0 aliphatic heterocycles. The van der Waals surface area contributed by atoms with Gasteiger partial charge in [-0.05, 0) is 12.1 Å². The molecule has 8 heteroatoms. The van der Waals surface area contributed by atoms with E-state index in [9.17, 15) is 27.8 Å². The van der Waals surface area contributed by atoms with E-state index in [0.717, 1.165) is 24.6 Å². The minimum Gasteiger partial charge on any atom is -0.504 e. The summed E-state index contributed by atoms with van der Waals surface area (Å²) >= 11 is 0. The second-order valence-corrected chi connectivity index (χ2v) is 4.72. The molecule has 4 nitrogen and oxygen atoms in total. The predicted octanol–water partition coefficient (Wildman–Crippen LogP) is 3.19. The van der Waals surface area contributed by atoms with E-state index in [4.69, 9.17) is 0 Å². The Balaban J connectivity index is 1.96. The van der Waals surface area contributed by atoms with E-state index in [1.165, 1.54) is 0 Å². The Bertz CT molecular complexity index is 740. The Morgan fingerprint density at radius 2 is 1.08 bits per heavy atom. The summed E-state index contributed by atoms with van der Waals surface area (Å²) in [7, 11) is 0. The molecule has 0 saturated carbocycles. The van der Waals surface area contributed by atoms with Crippen molar-refractivity contribution in [1.29, 1.82) is 0 Å². The van der Waals surface area contributed by atoms with E-state index in [1.54, 1.807) is 0 Å². The number of aliphatic imine (C=N–C) groups is 2. The number of hydrogen-bond acceptors (Lipinski definition) is 4. The van der Waals surface area contributed by atoms with Crippen LogP contribution in [0, 0.1) is 23.3 Å². The van der Waals surface area contributed by atoms with Gasteiger partial charge in [0.25, 0.3) is 0 Å². The highest BCUT2D eigenvalue weighted by Gasteiger charge is 2.08. The fraction of sp³-hybridized carbons (Fsp3) is 0.125. The first kappa shape index (κ1) is 17.5. The summed E-state index contributed by atoms with van der Waals surface area (Å²) in [4.78, 5) is 7.66. The van der Waals surface area contributed by atoms with E-state index >= 15 is 0 Å². The van der Waals surface area contributed by atoms with Crippen LogP contribution in [0.1, 0.15) is 11.1 Å². The van der Waals surface area contributed by atoms with Crippen LogP contribution in [-0.2, 0) is 0 Å². The molecule has 0 aliphatic carbocycles. The van der Waals surface area contributed by atoms with Crippen molar-refractivity contribution in [3.8, 4) is 11.5 Å². The van der Waals surface area contributed by atoms with Gasteiger partial charge in [-0.3, -0.25) is 9.98 Å². The molecule has 0 amide bonds. The second-order valence-electron chi connectivity index (χ2n) is 4.72. The average Bonchev–Trinajstić information content (AvgIpc) is 2.51. The van der Waals surface area contributed by atoms with Gasteiger partial charge in [0.05, 0.1) is 13.1 Å². The van der Waals surface area contributed by atoms with Crippen molar-refractivity contribution < 1.29 is 27.8 Å². The molecule has 24 heavy (non-hydrogen) atoms. The fourth-order valence-corrected chi connectivity index (χ4v) is 1.81. The van der Waals surface area contributed by atoms with Gasteiger partial charge in [-0.15, -0.1) is 0 Å². The van der Waals surface area contributed by atoms with Gasteiger partial charge in [0.15, 0.2) is 23.1 Å². The quantitative estimate of drug-likeness (QED) is 0.499. The molecule has 0 heterocycles. The molecule has 0 saturated heterocycles. The molecule has 0 radical (unpaired) electrons. The van der Waals surface area contributed by atoms with E-state index in [-0.39, 0.29) is 24.2 Å². The van der Waals surface area contributed by atoms with Crippen LogP contribution >= 0.6 is 0 Å². The molecule has 126 valence electrons. The van der Waals surface area contributed by atoms with Gasteiger partial charge in [0, 0.05) is 35.7 Å². The topological polar surface area (TPSA) is 65.2 Å². The van der Waals surface area contributed by atoms with Crippen molar-refractivity contribution in [1.82, 2.24) is 0 Å². The molecule has 2 N–H and O–H groups in total. The van der Waals surface area contributed by atoms with E-state index in [0.29, 0.717) is 12.1 Å². The zero-order valence-electron chi connectivity index (χ0n) is 12.2. The summed E-state index contributed by atoms with van der Waals surface area (Å²) in [6.45, 7) is 0.180. The van der Waals surface area contributed by atoms with Crippen LogP contribution < -0.4 is 0 Å². The van der Waals surface area contributed by atoms with E-state index < -0.39 is 34.8 Å². The van der Waals surface area contributed by atoms with Crippen molar-refractivity contribution in [3.63, 3.8) is 0 Å². The zero-order valence-corrected chi connectivity index (χ0v) is 12.2. The van der Waals surface area contributed by atoms with Crippen molar-refractivity contribution >= 4 is 12.4 Å². The van der Waals surface area contributed by atoms with Gasteiger partial charge in [0.2, 0.25) is 0 Å². The number of phenolic OH excluding ortho intramolecular Hbond substituents is 2. The van der Waals surface area contributed by atoms with Gasteiger partial charge < -0.3 is 10.2 Å². The largest absolute Gasteiger partial charge is 0.504 e. The molecule has 2 aromatic rings. The highest BCUT2D eigenvalue weighted by atomic mass is 19.1. The van der Waals surface area contributed by atoms with Crippen LogP contribution in [0.15, 0.2) is 34.3 Å². The Labute approximate surface area is 134 Å². The molecule has 0 fully saturated rings. The molecule has 0 atom stereocenters. The third-order valence-electron chi connectivity index (χ3n) is 2.93. The van der Waals surface area contributed by atoms with Gasteiger partial charge in [-0.2, -0.15) is 0 Å². The number of rotatable bonds is 5. The Morgan fingerprint density at radius 3 is 1.46 bits per heavy atom. The van der Waals surface area contributed by atoms with Crippen LogP contribution in [0.3, 0.4) is 0 Å². The van der Waals surface area contributed by atoms with Crippen LogP contribution in [0.2, 0.25) is 0 Å². The molecule has 2 rings (SSSR count). The zero-order chi connectivity index (χ0) is 17.7. The molecule has 2 aromatic carbocycles. The van der Waals surface area contributed by atoms with Gasteiger partial charge in [0.1, 0.15) is 11.6 Å². The summed E-state index contributed by atoms with van der Waals surface area (Å²) in [5, 5.41) is 18.8. The maximum absolute atomic E-state index is 13.1. The first-order valence-electron chi connectivity index (χ1n) is 6.74. The van der Waals surface area contributed by atoms with Crippen LogP contribution in [0.5, 0.6) is 11.5 Å². The van der Waals surface area contributed by atoms with Crippen LogP contribution in [0.4, 0.5) is 17.6 Å². The molecular weight excluding hydrogens is 328 g/mol. The highest BCUT2D eigenvalue weighted by Crippen LogP contribution is 2.21. The van der Waals surface area contributed by atoms with E-state index in [1.807, 2.05) is 0 Å². The Morgan fingerprint density at radius 1 is 0.708 bits per heavy atom. The number of nitrogens with zero attached hydrogens (tertiary/aromatic N) is 2. The molecule has 0 spiro atoms. The third-order valence-corrected chi connectivity index (χ3v) is 2.93. The first-order valence-corrected chi connectivity index (χ1v) is 6.74. The third kappa shape index (κ3) is 4.31. The minimum atomic E-state index is -1.10. The summed E-state index contributed by atoms with van der Waals surface area (Å²) in [5.41, 5.74) is -0.248. The Hall–Kier alpha value is -2.90. The second kappa shape index (κ2) is 7.58. The van der Waals surface area contributed by atoms with Crippen molar-refractivity contribution in [2.24, 2.45) is 9.98 Å². The first-order chi connectivity index (χ1) is 11.4. The maximum atomic E-state index is 13.1. The lowest BCUT2D eigenvalue weighted by atomic mass is 10.2. The molecule has 0 bridgehead atoms. The lowest BCUT2D eigenvalue weighted by molar-refractivity contribution is 0.427. The molecule has 0 aliphatic rings. The van der Waals surface area contributed by atoms with Crippen molar-refractivity contribution in [2.45, 2.75) is 0 Å². The summed E-state index contributed by atoms with van der Waals surface area (Å²) in [6, 6.07) is 2.92. The normalized spacial score (nSPS) is 11.7. The lowest BCUT2D eigenvalue weighted by Gasteiger charge is -2.01. The number of halogens is 4. The lowest BCUT2D eigenvalue weighted by Crippen LogP contribution is -1.94. The minimum absolute atomic E-state index is 0.0899. The van der Waals surface area contributed by atoms with Crippen LogP contribution in [0.25, 0.3) is 0 Å². The van der Waals surface area contributed by atoms with Gasteiger partial charge >= 0.3 is 0 Å². The smallest absolute Gasteiger partial charge is 0.168 e. The highest BCUT2D eigenvalue weighted by molar-refractivity contribution is 5.84. The Kier molecular flexibility index (Phi) is 5.51. The maximum Gasteiger partial charge on any atom is 0.168 e.